The maximum absolute atomic E-state index is 12.0. The maximum Gasteiger partial charge on any atom is 0.277 e. The number of aromatic nitrogens is 2. The summed E-state index contributed by atoms with van der Waals surface area (Å²) < 4.78 is 6.48. The van der Waals surface area contributed by atoms with E-state index in [-0.39, 0.29) is 16.9 Å². The van der Waals surface area contributed by atoms with Gasteiger partial charge in [-0.3, -0.25) is 9.59 Å². The highest BCUT2D eigenvalue weighted by Gasteiger charge is 2.14. The molecule has 0 unspecified atom stereocenters. The zero-order valence-electron chi connectivity index (χ0n) is 12.6. The monoisotopic (exact) mass is 438 g/mol. The second-order valence-electron chi connectivity index (χ2n) is 4.74. The number of nitrogens with zero attached hydrogens (tertiary/aromatic N) is 2. The minimum Gasteiger partial charge on any atom is -0.411 e. The van der Waals surface area contributed by atoms with Gasteiger partial charge in [-0.15, -0.1) is 21.5 Å². The Bertz CT molecular complexity index is 908. The third kappa shape index (κ3) is 4.47. The Balaban J connectivity index is 1.58. The van der Waals surface area contributed by atoms with Crippen LogP contribution in [0.25, 0.3) is 11.5 Å². The molecule has 25 heavy (non-hydrogen) atoms. The van der Waals surface area contributed by atoms with E-state index in [0.29, 0.717) is 16.5 Å². The predicted molar refractivity (Wildman–Crippen MR) is 99.6 cm³/mol. The molecule has 0 aliphatic heterocycles. The van der Waals surface area contributed by atoms with Gasteiger partial charge < -0.3 is 15.5 Å². The van der Waals surface area contributed by atoms with Crippen LogP contribution in [-0.2, 0) is 4.79 Å². The Kier molecular flexibility index (Phi) is 5.51. The molecule has 2 amide bonds. The standard InChI is InChI=1S/C15H11BrN4O3S2/c16-9-3-1-8(2-4-9)13-19-20-15(23-13)25-7-11(21)18-14-10(12(17)22)5-6-24-14/h1-6H,7H2,(H2,17,22)(H,18,21). The largest absolute Gasteiger partial charge is 0.411 e. The van der Waals surface area contributed by atoms with Crippen LogP contribution in [0.5, 0.6) is 0 Å². The molecule has 10 heteroatoms. The number of carbonyl (C=O) groups is 2. The van der Waals surface area contributed by atoms with Crippen LogP contribution < -0.4 is 11.1 Å². The highest BCUT2D eigenvalue weighted by Crippen LogP contribution is 2.26. The Morgan fingerprint density at radius 2 is 2.00 bits per heavy atom. The number of rotatable bonds is 6. The molecular formula is C15H11BrN4O3S2. The van der Waals surface area contributed by atoms with Gasteiger partial charge in [0.2, 0.25) is 11.8 Å². The number of halogens is 1. The summed E-state index contributed by atoms with van der Waals surface area (Å²) in [7, 11) is 0. The van der Waals surface area contributed by atoms with Gasteiger partial charge in [-0.05, 0) is 35.7 Å². The number of carbonyl (C=O) groups excluding carboxylic acids is 2. The van der Waals surface area contributed by atoms with Gasteiger partial charge in [-0.25, -0.2) is 0 Å². The van der Waals surface area contributed by atoms with Crippen LogP contribution in [0.2, 0.25) is 0 Å². The molecule has 128 valence electrons. The Morgan fingerprint density at radius 1 is 1.24 bits per heavy atom. The van der Waals surface area contributed by atoms with E-state index in [0.717, 1.165) is 21.8 Å². The van der Waals surface area contributed by atoms with Gasteiger partial charge in [-0.2, -0.15) is 0 Å². The average molecular weight is 439 g/mol. The van der Waals surface area contributed by atoms with E-state index in [1.165, 1.54) is 11.3 Å². The molecule has 0 fully saturated rings. The van der Waals surface area contributed by atoms with Crippen molar-refractivity contribution < 1.29 is 14.0 Å². The van der Waals surface area contributed by atoms with Crippen molar-refractivity contribution >= 4 is 55.8 Å². The van der Waals surface area contributed by atoms with Crippen molar-refractivity contribution in [2.45, 2.75) is 5.22 Å². The summed E-state index contributed by atoms with van der Waals surface area (Å²) in [6.45, 7) is 0. The van der Waals surface area contributed by atoms with E-state index in [9.17, 15) is 9.59 Å². The summed E-state index contributed by atoms with van der Waals surface area (Å²) in [5.41, 5.74) is 6.32. The van der Waals surface area contributed by atoms with E-state index in [1.54, 1.807) is 11.4 Å². The van der Waals surface area contributed by atoms with Gasteiger partial charge in [0.1, 0.15) is 5.00 Å². The number of hydrogen-bond acceptors (Lipinski definition) is 7. The molecule has 0 atom stereocenters. The molecule has 7 nitrogen and oxygen atoms in total. The summed E-state index contributed by atoms with van der Waals surface area (Å²) in [6, 6.07) is 9.01. The molecule has 0 radical (unpaired) electrons. The van der Waals surface area contributed by atoms with Crippen LogP contribution in [0, 0.1) is 0 Å². The molecule has 0 saturated carbocycles. The fourth-order valence-corrected chi connectivity index (χ4v) is 3.50. The molecule has 0 aliphatic rings. The topological polar surface area (TPSA) is 111 Å². The molecule has 2 aromatic heterocycles. The molecule has 3 aromatic rings. The summed E-state index contributed by atoms with van der Waals surface area (Å²) in [5, 5.41) is 12.9. The number of benzene rings is 1. The van der Waals surface area contributed by atoms with Crippen molar-refractivity contribution in [3.8, 4) is 11.5 Å². The van der Waals surface area contributed by atoms with Crippen LogP contribution in [0.15, 0.2) is 49.8 Å². The molecule has 0 saturated heterocycles. The molecule has 1 aromatic carbocycles. The maximum atomic E-state index is 12.0. The fraction of sp³-hybridized carbons (Fsp3) is 0.0667. The number of anilines is 1. The van der Waals surface area contributed by atoms with Crippen molar-refractivity contribution in [2.75, 3.05) is 11.1 Å². The lowest BCUT2D eigenvalue weighted by molar-refractivity contribution is -0.113. The Labute approximate surface area is 159 Å². The van der Waals surface area contributed by atoms with Crippen LogP contribution in [0.3, 0.4) is 0 Å². The van der Waals surface area contributed by atoms with Crippen LogP contribution >= 0.6 is 39.0 Å². The lowest BCUT2D eigenvalue weighted by Gasteiger charge is -2.02. The number of nitrogens with two attached hydrogens (primary N) is 1. The molecule has 2 heterocycles. The van der Waals surface area contributed by atoms with Crippen molar-refractivity contribution in [3.05, 3.63) is 45.7 Å². The lowest BCUT2D eigenvalue weighted by atomic mass is 10.2. The third-order valence-corrected chi connectivity index (χ3v) is 5.18. The van der Waals surface area contributed by atoms with Gasteiger partial charge in [-0.1, -0.05) is 27.7 Å². The van der Waals surface area contributed by atoms with E-state index in [4.69, 9.17) is 10.2 Å². The first-order chi connectivity index (χ1) is 12.0. The predicted octanol–water partition coefficient (Wildman–Crippen LogP) is 3.39. The molecule has 0 spiro atoms. The highest BCUT2D eigenvalue weighted by molar-refractivity contribution is 9.10. The number of thioether (sulfide) groups is 1. The van der Waals surface area contributed by atoms with Crippen molar-refractivity contribution in [3.63, 3.8) is 0 Å². The lowest BCUT2D eigenvalue weighted by Crippen LogP contribution is -2.17. The fourth-order valence-electron chi connectivity index (χ4n) is 1.87. The van der Waals surface area contributed by atoms with Crippen LogP contribution in [-0.4, -0.2) is 27.8 Å². The number of thiophene rings is 1. The van der Waals surface area contributed by atoms with Crippen LogP contribution in [0.4, 0.5) is 5.00 Å². The number of amides is 2. The van der Waals surface area contributed by atoms with Crippen molar-refractivity contribution in [1.82, 2.24) is 10.2 Å². The number of nitrogens with one attached hydrogen (secondary N) is 1. The van der Waals surface area contributed by atoms with Gasteiger partial charge in [0.25, 0.3) is 11.1 Å². The first kappa shape index (κ1) is 17.6. The van der Waals surface area contributed by atoms with Crippen molar-refractivity contribution in [1.29, 1.82) is 0 Å². The highest BCUT2D eigenvalue weighted by atomic mass is 79.9. The average Bonchev–Trinajstić information content (AvgIpc) is 3.23. The Hall–Kier alpha value is -2.17. The quantitative estimate of drug-likeness (QED) is 0.570. The van der Waals surface area contributed by atoms with Gasteiger partial charge in [0.15, 0.2) is 0 Å². The molecule has 3 N–H and O–H groups in total. The first-order valence-corrected chi connectivity index (χ1v) is 9.58. The van der Waals surface area contributed by atoms with E-state index >= 15 is 0 Å². The summed E-state index contributed by atoms with van der Waals surface area (Å²) in [4.78, 5) is 23.2. The summed E-state index contributed by atoms with van der Waals surface area (Å²) in [5.74, 6) is -0.429. The first-order valence-electron chi connectivity index (χ1n) is 6.92. The minimum atomic E-state index is -0.583. The van der Waals surface area contributed by atoms with Crippen molar-refractivity contribution in [2.24, 2.45) is 5.73 Å². The zero-order valence-corrected chi connectivity index (χ0v) is 15.8. The third-order valence-electron chi connectivity index (χ3n) is 3.01. The second kappa shape index (κ2) is 7.81. The zero-order chi connectivity index (χ0) is 17.8. The van der Waals surface area contributed by atoms with Gasteiger partial charge >= 0.3 is 0 Å². The molecule has 0 aliphatic carbocycles. The van der Waals surface area contributed by atoms with E-state index in [2.05, 4.69) is 31.4 Å². The minimum absolute atomic E-state index is 0.0675. The Morgan fingerprint density at radius 3 is 2.72 bits per heavy atom. The molecular weight excluding hydrogens is 428 g/mol. The smallest absolute Gasteiger partial charge is 0.277 e. The summed E-state index contributed by atoms with van der Waals surface area (Å²) >= 11 is 5.70. The molecule has 3 rings (SSSR count). The second-order valence-corrected chi connectivity index (χ2v) is 7.50. The van der Waals surface area contributed by atoms with Gasteiger partial charge in [0.05, 0.1) is 11.3 Å². The normalized spacial score (nSPS) is 10.6. The summed E-state index contributed by atoms with van der Waals surface area (Å²) in [6.07, 6.45) is 0. The molecule has 0 bridgehead atoms. The van der Waals surface area contributed by atoms with E-state index < -0.39 is 5.91 Å². The van der Waals surface area contributed by atoms with E-state index in [1.807, 2.05) is 24.3 Å². The number of hydrogen-bond donors (Lipinski definition) is 2. The van der Waals surface area contributed by atoms with Crippen LogP contribution in [0.1, 0.15) is 10.4 Å². The SMILES string of the molecule is NC(=O)c1ccsc1NC(=O)CSc1nnc(-c2ccc(Br)cc2)o1. The van der Waals surface area contributed by atoms with Gasteiger partial charge in [0, 0.05) is 10.0 Å². The number of primary amides is 1.